The van der Waals surface area contributed by atoms with E-state index < -0.39 is 0 Å². The zero-order valence-electron chi connectivity index (χ0n) is 7.88. The van der Waals surface area contributed by atoms with E-state index >= 15 is 0 Å². The average molecular weight is 200 g/mol. The molecule has 0 aliphatic heterocycles. The maximum atomic E-state index is 5.64. The Bertz CT molecular complexity index is 302. The van der Waals surface area contributed by atoms with E-state index in [4.69, 9.17) is 21.8 Å². The van der Waals surface area contributed by atoms with Gasteiger partial charge in [0.25, 0.3) is 0 Å². The number of nitrogens with two attached hydrogens (primary N) is 1. The van der Waals surface area contributed by atoms with Crippen molar-refractivity contribution in [2.45, 2.75) is 13.8 Å². The Labute approximate surface area is 83.4 Å². The van der Waals surface area contributed by atoms with Gasteiger partial charge in [-0.2, -0.15) is 0 Å². The van der Waals surface area contributed by atoms with Gasteiger partial charge in [-0.25, -0.2) is 0 Å². The largest absolute Gasteiger partial charge is 0.445 e. The second kappa shape index (κ2) is 4.49. The molecule has 0 aliphatic carbocycles. The van der Waals surface area contributed by atoms with Crippen LogP contribution in [0.25, 0.3) is 6.08 Å². The van der Waals surface area contributed by atoms with Crippen molar-refractivity contribution in [3.8, 4) is 0 Å². The van der Waals surface area contributed by atoms with E-state index in [1.807, 2.05) is 12.1 Å². The second-order valence-electron chi connectivity index (χ2n) is 3.22. The fourth-order valence-corrected chi connectivity index (χ4v) is 1.20. The third-order valence-corrected chi connectivity index (χ3v) is 2.10. The van der Waals surface area contributed by atoms with E-state index in [9.17, 15) is 0 Å². The molecule has 2 N–H and O–H groups in total. The standard InChI is InChI=1S/C10H14ClNO/c1-7(2)8(6-12)5-9-3-4-10(11)13-9/h3-5,7H,6,12H2,1-2H3. The van der Waals surface area contributed by atoms with E-state index in [-0.39, 0.29) is 0 Å². The highest BCUT2D eigenvalue weighted by Crippen LogP contribution is 2.18. The molecule has 0 fully saturated rings. The van der Waals surface area contributed by atoms with Gasteiger partial charge in [-0.1, -0.05) is 19.4 Å². The molecular formula is C10H14ClNO. The summed E-state index contributed by atoms with van der Waals surface area (Å²) in [7, 11) is 0. The molecule has 3 heteroatoms. The summed E-state index contributed by atoms with van der Waals surface area (Å²) in [5, 5.41) is 0.409. The Morgan fingerprint density at radius 1 is 1.62 bits per heavy atom. The fraction of sp³-hybridized carbons (Fsp3) is 0.400. The van der Waals surface area contributed by atoms with Gasteiger partial charge >= 0.3 is 0 Å². The molecule has 1 heterocycles. The minimum absolute atomic E-state index is 0.409. The van der Waals surface area contributed by atoms with Crippen molar-refractivity contribution in [3.63, 3.8) is 0 Å². The predicted molar refractivity (Wildman–Crippen MR) is 55.6 cm³/mol. The predicted octanol–water partition coefficient (Wildman–Crippen LogP) is 2.93. The van der Waals surface area contributed by atoms with Gasteiger partial charge < -0.3 is 10.2 Å². The number of hydrogen-bond donors (Lipinski definition) is 1. The van der Waals surface area contributed by atoms with E-state index in [1.54, 1.807) is 6.07 Å². The van der Waals surface area contributed by atoms with Crippen LogP contribution in [-0.4, -0.2) is 6.54 Å². The van der Waals surface area contributed by atoms with Gasteiger partial charge in [0.15, 0.2) is 5.22 Å². The smallest absolute Gasteiger partial charge is 0.193 e. The first-order valence-corrected chi connectivity index (χ1v) is 4.67. The maximum absolute atomic E-state index is 5.64. The van der Waals surface area contributed by atoms with Crippen molar-refractivity contribution in [2.24, 2.45) is 11.7 Å². The molecule has 0 aliphatic rings. The third kappa shape index (κ3) is 2.90. The molecule has 0 saturated heterocycles. The summed E-state index contributed by atoms with van der Waals surface area (Å²) in [6.45, 7) is 4.75. The first kappa shape index (κ1) is 10.4. The fourth-order valence-electron chi connectivity index (χ4n) is 1.05. The van der Waals surface area contributed by atoms with Crippen LogP contribution in [0, 0.1) is 5.92 Å². The molecule has 0 spiro atoms. The van der Waals surface area contributed by atoms with Gasteiger partial charge in [-0.05, 0) is 35.7 Å². The lowest BCUT2D eigenvalue weighted by atomic mass is 10.0. The summed E-state index contributed by atoms with van der Waals surface area (Å²) in [5.41, 5.74) is 6.74. The Balaban J connectivity index is 2.84. The minimum atomic E-state index is 0.409. The Morgan fingerprint density at radius 3 is 2.69 bits per heavy atom. The summed E-state index contributed by atoms with van der Waals surface area (Å²) in [4.78, 5) is 0. The molecule has 13 heavy (non-hydrogen) atoms. The lowest BCUT2D eigenvalue weighted by molar-refractivity contribution is 0.557. The van der Waals surface area contributed by atoms with E-state index in [0.29, 0.717) is 17.7 Å². The quantitative estimate of drug-likeness (QED) is 0.813. The van der Waals surface area contributed by atoms with Gasteiger partial charge in [0.05, 0.1) is 0 Å². The highest BCUT2D eigenvalue weighted by atomic mass is 35.5. The molecule has 0 atom stereocenters. The molecule has 1 aromatic rings. The second-order valence-corrected chi connectivity index (χ2v) is 3.59. The van der Waals surface area contributed by atoms with E-state index in [2.05, 4.69) is 13.8 Å². The highest BCUT2D eigenvalue weighted by Gasteiger charge is 2.03. The summed E-state index contributed by atoms with van der Waals surface area (Å²) in [6, 6.07) is 3.56. The summed E-state index contributed by atoms with van der Waals surface area (Å²) < 4.78 is 5.20. The lowest BCUT2D eigenvalue weighted by Crippen LogP contribution is -2.07. The van der Waals surface area contributed by atoms with Crippen molar-refractivity contribution < 1.29 is 4.42 Å². The van der Waals surface area contributed by atoms with Crippen molar-refractivity contribution in [3.05, 3.63) is 28.7 Å². The Hall–Kier alpha value is -0.730. The van der Waals surface area contributed by atoms with Crippen LogP contribution in [-0.2, 0) is 0 Å². The van der Waals surface area contributed by atoms with Gasteiger partial charge in [0.1, 0.15) is 5.76 Å². The number of rotatable bonds is 3. The van der Waals surface area contributed by atoms with Crippen molar-refractivity contribution in [1.29, 1.82) is 0 Å². The molecule has 0 radical (unpaired) electrons. The number of hydrogen-bond acceptors (Lipinski definition) is 2. The first-order valence-electron chi connectivity index (χ1n) is 4.29. The van der Waals surface area contributed by atoms with Gasteiger partial charge in [0, 0.05) is 6.54 Å². The van der Waals surface area contributed by atoms with Crippen LogP contribution in [0.15, 0.2) is 22.1 Å². The van der Waals surface area contributed by atoms with Crippen LogP contribution in [0.5, 0.6) is 0 Å². The Kier molecular flexibility index (Phi) is 3.58. The first-order chi connectivity index (χ1) is 6.13. The lowest BCUT2D eigenvalue weighted by Gasteiger charge is -2.06. The van der Waals surface area contributed by atoms with Crippen molar-refractivity contribution in [1.82, 2.24) is 0 Å². The zero-order chi connectivity index (χ0) is 9.84. The monoisotopic (exact) mass is 199 g/mol. The molecule has 0 aromatic carbocycles. The molecular weight excluding hydrogens is 186 g/mol. The van der Waals surface area contributed by atoms with Gasteiger partial charge in [0.2, 0.25) is 0 Å². The summed E-state index contributed by atoms with van der Waals surface area (Å²) in [6.07, 6.45) is 1.94. The van der Waals surface area contributed by atoms with E-state index in [1.165, 1.54) is 0 Å². The molecule has 72 valence electrons. The molecule has 0 bridgehead atoms. The number of halogens is 1. The minimum Gasteiger partial charge on any atom is -0.445 e. The van der Waals surface area contributed by atoms with Crippen molar-refractivity contribution in [2.75, 3.05) is 6.54 Å². The summed E-state index contributed by atoms with van der Waals surface area (Å²) in [5.74, 6) is 1.20. The molecule has 0 amide bonds. The summed E-state index contributed by atoms with van der Waals surface area (Å²) >= 11 is 5.64. The molecule has 0 saturated carbocycles. The van der Waals surface area contributed by atoms with Gasteiger partial charge in [-0.3, -0.25) is 0 Å². The molecule has 1 rings (SSSR count). The van der Waals surface area contributed by atoms with Crippen LogP contribution in [0.1, 0.15) is 19.6 Å². The maximum Gasteiger partial charge on any atom is 0.193 e. The highest BCUT2D eigenvalue weighted by molar-refractivity contribution is 6.28. The normalized spacial score (nSPS) is 12.5. The Morgan fingerprint density at radius 2 is 2.31 bits per heavy atom. The van der Waals surface area contributed by atoms with Crippen LogP contribution in [0.3, 0.4) is 0 Å². The zero-order valence-corrected chi connectivity index (χ0v) is 8.64. The van der Waals surface area contributed by atoms with Crippen LogP contribution in [0.4, 0.5) is 0 Å². The van der Waals surface area contributed by atoms with Crippen LogP contribution >= 0.6 is 11.6 Å². The molecule has 0 unspecified atom stereocenters. The molecule has 1 aromatic heterocycles. The average Bonchev–Trinajstić information content (AvgIpc) is 2.46. The number of furan rings is 1. The van der Waals surface area contributed by atoms with E-state index in [0.717, 1.165) is 11.3 Å². The van der Waals surface area contributed by atoms with Gasteiger partial charge in [-0.15, -0.1) is 0 Å². The third-order valence-electron chi connectivity index (χ3n) is 1.90. The SMILES string of the molecule is CC(C)C(=Cc1ccc(Cl)o1)CN. The van der Waals surface area contributed by atoms with Crippen molar-refractivity contribution >= 4 is 17.7 Å². The van der Waals surface area contributed by atoms with Crippen LogP contribution < -0.4 is 5.73 Å². The van der Waals surface area contributed by atoms with Crippen LogP contribution in [0.2, 0.25) is 5.22 Å². The molecule has 2 nitrogen and oxygen atoms in total. The topological polar surface area (TPSA) is 39.2 Å².